The van der Waals surface area contributed by atoms with E-state index in [4.69, 9.17) is 9.47 Å². The van der Waals surface area contributed by atoms with Gasteiger partial charge in [-0.2, -0.15) is 0 Å². The Morgan fingerprint density at radius 2 is 1.97 bits per heavy atom. The number of carbonyl (C=O) groups excluding carboxylic acids is 1. The van der Waals surface area contributed by atoms with Crippen molar-refractivity contribution in [3.8, 4) is 11.5 Å². The van der Waals surface area contributed by atoms with E-state index in [1.807, 2.05) is 6.07 Å². The van der Waals surface area contributed by atoms with Crippen LogP contribution in [0.4, 0.5) is 13.9 Å². The fraction of sp³-hybridized carbons (Fsp3) is 0.136. The summed E-state index contributed by atoms with van der Waals surface area (Å²) in [6, 6.07) is 10.9. The van der Waals surface area contributed by atoms with Crippen LogP contribution in [0.1, 0.15) is 11.1 Å². The van der Waals surface area contributed by atoms with Crippen LogP contribution in [0.25, 0.3) is 10.2 Å². The van der Waals surface area contributed by atoms with Gasteiger partial charge < -0.3 is 9.47 Å². The van der Waals surface area contributed by atoms with E-state index in [0.717, 1.165) is 28.5 Å². The van der Waals surface area contributed by atoms with Crippen LogP contribution in [-0.4, -0.2) is 22.7 Å². The first-order valence-electron chi connectivity index (χ1n) is 9.40. The van der Waals surface area contributed by atoms with Gasteiger partial charge in [-0.15, -0.1) is 0 Å². The van der Waals surface area contributed by atoms with Crippen LogP contribution in [0.15, 0.2) is 54.9 Å². The average molecular weight is 439 g/mol. The molecule has 0 unspecified atom stereocenters. The van der Waals surface area contributed by atoms with E-state index in [-0.39, 0.29) is 36.3 Å². The van der Waals surface area contributed by atoms with Crippen LogP contribution in [0.5, 0.6) is 11.5 Å². The van der Waals surface area contributed by atoms with Gasteiger partial charge in [-0.1, -0.05) is 23.5 Å². The molecule has 0 saturated heterocycles. The first-order chi connectivity index (χ1) is 15.1. The molecule has 2 aromatic heterocycles. The molecule has 1 aliphatic heterocycles. The van der Waals surface area contributed by atoms with Gasteiger partial charge in [-0.3, -0.25) is 14.7 Å². The van der Waals surface area contributed by atoms with Gasteiger partial charge in [0.15, 0.2) is 22.4 Å². The van der Waals surface area contributed by atoms with Gasteiger partial charge >= 0.3 is 0 Å². The molecule has 0 aliphatic carbocycles. The largest absolute Gasteiger partial charge is 0.454 e. The van der Waals surface area contributed by atoms with Crippen molar-refractivity contribution in [3.63, 3.8) is 0 Å². The SMILES string of the molecule is O=C(Cc1ccc2c(c1)OCO2)N(Cc1cccnc1)c1nc2c(F)cc(F)cc2s1. The summed E-state index contributed by atoms with van der Waals surface area (Å²) in [7, 11) is 0. The lowest BCUT2D eigenvalue weighted by Gasteiger charge is -2.20. The Kier molecular flexibility index (Phi) is 4.95. The third-order valence-corrected chi connectivity index (χ3v) is 5.82. The molecular weight excluding hydrogens is 424 g/mol. The van der Waals surface area contributed by atoms with Crippen molar-refractivity contribution < 1.29 is 23.0 Å². The molecule has 0 bridgehead atoms. The summed E-state index contributed by atoms with van der Waals surface area (Å²) < 4.78 is 38.9. The van der Waals surface area contributed by atoms with Crippen molar-refractivity contribution in [2.24, 2.45) is 0 Å². The lowest BCUT2D eigenvalue weighted by Crippen LogP contribution is -2.31. The van der Waals surface area contributed by atoms with E-state index in [1.165, 1.54) is 11.0 Å². The molecule has 6 nitrogen and oxygen atoms in total. The lowest BCUT2D eigenvalue weighted by molar-refractivity contribution is -0.118. The summed E-state index contributed by atoms with van der Waals surface area (Å²) in [5.74, 6) is -0.482. The van der Waals surface area contributed by atoms with Crippen molar-refractivity contribution in [1.29, 1.82) is 0 Å². The average Bonchev–Trinajstić information content (AvgIpc) is 3.39. The molecule has 1 amide bonds. The fourth-order valence-corrected chi connectivity index (χ4v) is 4.34. The highest BCUT2D eigenvalue weighted by atomic mass is 32.1. The number of amides is 1. The van der Waals surface area contributed by atoms with E-state index in [9.17, 15) is 13.6 Å². The summed E-state index contributed by atoms with van der Waals surface area (Å²) in [5.41, 5.74) is 1.56. The molecule has 31 heavy (non-hydrogen) atoms. The Hall–Kier alpha value is -3.59. The Morgan fingerprint density at radius 3 is 2.81 bits per heavy atom. The van der Waals surface area contributed by atoms with Gasteiger partial charge in [0.05, 0.1) is 17.7 Å². The van der Waals surface area contributed by atoms with Gasteiger partial charge in [-0.25, -0.2) is 13.8 Å². The molecule has 3 heterocycles. The second kappa shape index (κ2) is 7.92. The van der Waals surface area contributed by atoms with Crippen LogP contribution in [-0.2, 0) is 17.8 Å². The maximum Gasteiger partial charge on any atom is 0.233 e. The number of nitrogens with zero attached hydrogens (tertiary/aromatic N) is 3. The molecule has 5 rings (SSSR count). The molecule has 156 valence electrons. The molecule has 0 saturated carbocycles. The van der Waals surface area contributed by atoms with Gasteiger partial charge in [0, 0.05) is 18.5 Å². The highest BCUT2D eigenvalue weighted by Gasteiger charge is 2.23. The zero-order valence-corrected chi connectivity index (χ0v) is 16.9. The summed E-state index contributed by atoms with van der Waals surface area (Å²) >= 11 is 1.06. The van der Waals surface area contributed by atoms with Crippen LogP contribution >= 0.6 is 11.3 Å². The van der Waals surface area contributed by atoms with Crippen molar-refractivity contribution in [3.05, 3.63) is 77.6 Å². The standard InChI is InChI=1S/C22H15F2N3O3S/c23-15-8-16(24)21-19(9-15)31-22(26-21)27(11-14-2-1-5-25-10-14)20(28)7-13-3-4-17-18(6-13)30-12-29-17/h1-6,8-10H,7,11-12H2. The Bertz CT molecular complexity index is 1280. The highest BCUT2D eigenvalue weighted by molar-refractivity contribution is 7.22. The number of aromatic nitrogens is 2. The molecular formula is C22H15F2N3O3S. The van der Waals surface area contributed by atoms with E-state index >= 15 is 0 Å². The smallest absolute Gasteiger partial charge is 0.233 e. The van der Waals surface area contributed by atoms with Crippen molar-refractivity contribution in [1.82, 2.24) is 9.97 Å². The predicted molar refractivity (Wildman–Crippen MR) is 111 cm³/mol. The van der Waals surface area contributed by atoms with Crippen LogP contribution in [0, 0.1) is 11.6 Å². The van der Waals surface area contributed by atoms with E-state index in [2.05, 4.69) is 9.97 Å². The van der Waals surface area contributed by atoms with Gasteiger partial charge in [-0.05, 0) is 35.4 Å². The Labute approximate surface area is 179 Å². The summed E-state index contributed by atoms with van der Waals surface area (Å²) in [6.45, 7) is 0.342. The zero-order valence-electron chi connectivity index (χ0n) is 16.0. The quantitative estimate of drug-likeness (QED) is 0.459. The third kappa shape index (κ3) is 3.91. The highest BCUT2D eigenvalue weighted by Crippen LogP contribution is 2.34. The molecule has 4 aromatic rings. The maximum absolute atomic E-state index is 14.2. The maximum atomic E-state index is 14.2. The minimum absolute atomic E-state index is 0.0356. The van der Waals surface area contributed by atoms with Crippen LogP contribution < -0.4 is 14.4 Å². The second-order valence-electron chi connectivity index (χ2n) is 6.94. The molecule has 9 heteroatoms. The van der Waals surface area contributed by atoms with E-state index < -0.39 is 11.6 Å². The number of hydrogen-bond donors (Lipinski definition) is 0. The predicted octanol–water partition coefficient (Wildman–Crippen LogP) is 4.47. The first-order valence-corrected chi connectivity index (χ1v) is 10.2. The number of ether oxygens (including phenoxy) is 2. The number of pyridine rings is 1. The molecule has 0 fully saturated rings. The third-order valence-electron chi connectivity index (χ3n) is 4.79. The fourth-order valence-electron chi connectivity index (χ4n) is 3.32. The van der Waals surface area contributed by atoms with Gasteiger partial charge in [0.1, 0.15) is 11.3 Å². The van der Waals surface area contributed by atoms with E-state index in [0.29, 0.717) is 16.2 Å². The number of anilines is 1. The summed E-state index contributed by atoms with van der Waals surface area (Å²) in [6.07, 6.45) is 3.36. The summed E-state index contributed by atoms with van der Waals surface area (Å²) in [4.78, 5) is 23.1. The second-order valence-corrected chi connectivity index (χ2v) is 7.95. The van der Waals surface area contributed by atoms with Crippen molar-refractivity contribution in [2.45, 2.75) is 13.0 Å². The molecule has 0 radical (unpaired) electrons. The van der Waals surface area contributed by atoms with E-state index in [1.54, 1.807) is 36.7 Å². The van der Waals surface area contributed by atoms with Gasteiger partial charge in [0.2, 0.25) is 12.7 Å². The Balaban J connectivity index is 1.49. The van der Waals surface area contributed by atoms with Crippen LogP contribution in [0.3, 0.4) is 0 Å². The monoisotopic (exact) mass is 439 g/mol. The van der Waals surface area contributed by atoms with Crippen molar-refractivity contribution in [2.75, 3.05) is 11.7 Å². The molecule has 2 aromatic carbocycles. The number of halogens is 2. The minimum Gasteiger partial charge on any atom is -0.454 e. The normalized spacial score (nSPS) is 12.3. The first kappa shape index (κ1) is 19.4. The summed E-state index contributed by atoms with van der Waals surface area (Å²) in [5, 5.41) is 0.286. The van der Waals surface area contributed by atoms with Crippen molar-refractivity contribution >= 4 is 32.6 Å². The number of fused-ring (bicyclic) bond motifs is 2. The number of rotatable bonds is 5. The molecule has 1 aliphatic rings. The number of carbonyl (C=O) groups is 1. The Morgan fingerprint density at radius 1 is 1.10 bits per heavy atom. The number of hydrogen-bond acceptors (Lipinski definition) is 6. The minimum atomic E-state index is -0.762. The van der Waals surface area contributed by atoms with Crippen LogP contribution in [0.2, 0.25) is 0 Å². The zero-order chi connectivity index (χ0) is 21.4. The molecule has 0 N–H and O–H groups in total. The lowest BCUT2D eigenvalue weighted by atomic mass is 10.1. The molecule has 0 spiro atoms. The topological polar surface area (TPSA) is 64.6 Å². The number of thiazole rings is 1. The van der Waals surface area contributed by atoms with Gasteiger partial charge in [0.25, 0.3) is 0 Å². The molecule has 0 atom stereocenters. The number of benzene rings is 2.